The topological polar surface area (TPSA) is 112 Å². The van der Waals surface area contributed by atoms with E-state index in [1.807, 2.05) is 0 Å². The summed E-state index contributed by atoms with van der Waals surface area (Å²) in [4.78, 5) is 32.8. The van der Waals surface area contributed by atoms with Gasteiger partial charge in [0.05, 0.1) is 18.3 Å². The summed E-state index contributed by atoms with van der Waals surface area (Å²) in [6, 6.07) is 0. The maximum absolute atomic E-state index is 11.1. The lowest BCUT2D eigenvalue weighted by atomic mass is 9.70. The van der Waals surface area contributed by atoms with Gasteiger partial charge in [-0.05, 0) is 5.92 Å². The van der Waals surface area contributed by atoms with E-state index in [0.29, 0.717) is 0 Å². The standard InChI is InChI=1S/C11H14O6/c1-5-2-3-6(4-7(12)13)9(11(16)17)8(5)10(14)15/h2-3,5-6,8-9H,4H2,1H3,(H,12,13)(H,14,15)(H,16,17). The fraction of sp³-hybridized carbons (Fsp3) is 0.545. The first kappa shape index (κ1) is 13.2. The zero-order valence-corrected chi connectivity index (χ0v) is 9.24. The second-order valence-corrected chi connectivity index (χ2v) is 4.23. The first-order valence-electron chi connectivity index (χ1n) is 5.20. The number of carboxylic acid groups (broad SMARTS) is 3. The fourth-order valence-corrected chi connectivity index (χ4v) is 2.26. The van der Waals surface area contributed by atoms with Gasteiger partial charge in [-0.25, -0.2) is 0 Å². The number of hydrogen-bond acceptors (Lipinski definition) is 3. The molecular formula is C11H14O6. The van der Waals surface area contributed by atoms with Gasteiger partial charge in [0.25, 0.3) is 0 Å². The molecule has 0 spiro atoms. The van der Waals surface area contributed by atoms with E-state index >= 15 is 0 Å². The van der Waals surface area contributed by atoms with Gasteiger partial charge in [-0.1, -0.05) is 19.1 Å². The number of allylic oxidation sites excluding steroid dienone is 2. The zero-order chi connectivity index (χ0) is 13.2. The molecule has 0 saturated heterocycles. The van der Waals surface area contributed by atoms with Crippen LogP contribution in [-0.2, 0) is 14.4 Å². The zero-order valence-electron chi connectivity index (χ0n) is 9.24. The van der Waals surface area contributed by atoms with E-state index in [4.69, 9.17) is 15.3 Å². The normalized spacial score (nSPS) is 32.1. The van der Waals surface area contributed by atoms with E-state index in [-0.39, 0.29) is 6.42 Å². The van der Waals surface area contributed by atoms with Crippen LogP contribution >= 0.6 is 0 Å². The summed E-state index contributed by atoms with van der Waals surface area (Å²) < 4.78 is 0. The number of carboxylic acids is 3. The Hall–Kier alpha value is -1.85. The molecule has 0 radical (unpaired) electrons. The lowest BCUT2D eigenvalue weighted by molar-refractivity contribution is -0.158. The monoisotopic (exact) mass is 242 g/mol. The number of hydrogen-bond donors (Lipinski definition) is 3. The molecule has 1 aliphatic rings. The Labute approximate surface area is 97.6 Å². The summed E-state index contributed by atoms with van der Waals surface area (Å²) in [6.45, 7) is 1.61. The van der Waals surface area contributed by atoms with Gasteiger partial charge in [-0.3, -0.25) is 14.4 Å². The maximum Gasteiger partial charge on any atom is 0.308 e. The molecule has 0 aromatic heterocycles. The van der Waals surface area contributed by atoms with Crippen molar-refractivity contribution < 1.29 is 29.7 Å². The van der Waals surface area contributed by atoms with Crippen molar-refractivity contribution in [2.45, 2.75) is 13.3 Å². The third kappa shape index (κ3) is 2.83. The molecule has 1 aliphatic carbocycles. The predicted octanol–water partition coefficient (Wildman–Crippen LogP) is 0.685. The Morgan fingerprint density at radius 1 is 1.00 bits per heavy atom. The molecule has 0 aliphatic heterocycles. The van der Waals surface area contributed by atoms with Crippen LogP contribution in [0, 0.1) is 23.7 Å². The van der Waals surface area contributed by atoms with Crippen molar-refractivity contribution >= 4 is 17.9 Å². The Bertz CT molecular complexity index is 372. The largest absolute Gasteiger partial charge is 0.481 e. The third-order valence-corrected chi connectivity index (χ3v) is 3.06. The summed E-state index contributed by atoms with van der Waals surface area (Å²) >= 11 is 0. The highest BCUT2D eigenvalue weighted by Gasteiger charge is 2.44. The molecule has 0 heterocycles. The van der Waals surface area contributed by atoms with Crippen molar-refractivity contribution in [3.63, 3.8) is 0 Å². The summed E-state index contributed by atoms with van der Waals surface area (Å²) in [5.41, 5.74) is 0. The molecule has 0 aromatic carbocycles. The van der Waals surface area contributed by atoms with E-state index < -0.39 is 41.6 Å². The summed E-state index contributed by atoms with van der Waals surface area (Å²) in [5.74, 6) is -7.07. The highest BCUT2D eigenvalue weighted by Crippen LogP contribution is 2.36. The molecule has 17 heavy (non-hydrogen) atoms. The Morgan fingerprint density at radius 3 is 1.94 bits per heavy atom. The first-order chi connectivity index (χ1) is 7.84. The van der Waals surface area contributed by atoms with Crippen LogP contribution in [0.25, 0.3) is 0 Å². The molecule has 0 fully saturated rings. The molecule has 1 rings (SSSR count). The number of rotatable bonds is 4. The van der Waals surface area contributed by atoms with Crippen molar-refractivity contribution in [2.24, 2.45) is 23.7 Å². The van der Waals surface area contributed by atoms with Crippen LogP contribution in [-0.4, -0.2) is 33.2 Å². The lowest BCUT2D eigenvalue weighted by Crippen LogP contribution is -2.41. The van der Waals surface area contributed by atoms with Crippen molar-refractivity contribution in [3.05, 3.63) is 12.2 Å². The molecule has 0 bridgehead atoms. The van der Waals surface area contributed by atoms with Gasteiger partial charge < -0.3 is 15.3 Å². The van der Waals surface area contributed by atoms with Crippen LogP contribution in [0.2, 0.25) is 0 Å². The number of aliphatic carboxylic acids is 3. The van der Waals surface area contributed by atoms with E-state index in [2.05, 4.69) is 0 Å². The predicted molar refractivity (Wildman–Crippen MR) is 56.3 cm³/mol. The van der Waals surface area contributed by atoms with Crippen LogP contribution in [0.5, 0.6) is 0 Å². The van der Waals surface area contributed by atoms with Gasteiger partial charge in [0.1, 0.15) is 0 Å². The Morgan fingerprint density at radius 2 is 1.53 bits per heavy atom. The van der Waals surface area contributed by atoms with Crippen molar-refractivity contribution in [2.75, 3.05) is 0 Å². The van der Waals surface area contributed by atoms with Crippen LogP contribution in [0.4, 0.5) is 0 Å². The molecule has 6 nitrogen and oxygen atoms in total. The third-order valence-electron chi connectivity index (χ3n) is 3.06. The summed E-state index contributed by atoms with van der Waals surface area (Å²) in [5, 5.41) is 26.8. The van der Waals surface area contributed by atoms with Crippen molar-refractivity contribution in [1.82, 2.24) is 0 Å². The fourth-order valence-electron chi connectivity index (χ4n) is 2.26. The molecule has 3 N–H and O–H groups in total. The molecule has 6 heteroatoms. The van der Waals surface area contributed by atoms with Crippen LogP contribution < -0.4 is 0 Å². The maximum atomic E-state index is 11.1. The van der Waals surface area contributed by atoms with Gasteiger partial charge in [0, 0.05) is 5.92 Å². The highest BCUT2D eigenvalue weighted by atomic mass is 16.4. The molecule has 0 saturated carbocycles. The van der Waals surface area contributed by atoms with Crippen molar-refractivity contribution in [1.29, 1.82) is 0 Å². The molecule has 0 amide bonds. The van der Waals surface area contributed by atoms with Crippen LogP contribution in [0.15, 0.2) is 12.2 Å². The van der Waals surface area contributed by atoms with E-state index in [9.17, 15) is 14.4 Å². The molecule has 0 aromatic rings. The lowest BCUT2D eigenvalue weighted by Gasteiger charge is -2.32. The average molecular weight is 242 g/mol. The van der Waals surface area contributed by atoms with E-state index in [1.54, 1.807) is 13.0 Å². The second-order valence-electron chi connectivity index (χ2n) is 4.23. The Balaban J connectivity index is 3.06. The minimum absolute atomic E-state index is 0.371. The van der Waals surface area contributed by atoms with Gasteiger partial charge in [0.2, 0.25) is 0 Å². The summed E-state index contributed by atoms with van der Waals surface area (Å²) in [6.07, 6.45) is 2.70. The van der Waals surface area contributed by atoms with Crippen LogP contribution in [0.1, 0.15) is 13.3 Å². The SMILES string of the molecule is CC1C=CC(CC(=O)O)C(C(=O)O)C1C(=O)O. The van der Waals surface area contributed by atoms with Gasteiger partial charge in [-0.15, -0.1) is 0 Å². The molecule has 94 valence electrons. The first-order valence-corrected chi connectivity index (χ1v) is 5.20. The van der Waals surface area contributed by atoms with Gasteiger partial charge in [0.15, 0.2) is 0 Å². The molecular weight excluding hydrogens is 228 g/mol. The molecule has 4 atom stereocenters. The highest BCUT2D eigenvalue weighted by molar-refractivity contribution is 5.82. The molecule has 4 unspecified atom stereocenters. The summed E-state index contributed by atoms with van der Waals surface area (Å²) in [7, 11) is 0. The quantitative estimate of drug-likeness (QED) is 0.625. The minimum Gasteiger partial charge on any atom is -0.481 e. The van der Waals surface area contributed by atoms with Gasteiger partial charge in [-0.2, -0.15) is 0 Å². The van der Waals surface area contributed by atoms with E-state index in [0.717, 1.165) is 0 Å². The minimum atomic E-state index is -1.26. The van der Waals surface area contributed by atoms with Crippen LogP contribution in [0.3, 0.4) is 0 Å². The Kier molecular flexibility index (Phi) is 3.88. The van der Waals surface area contributed by atoms with Crippen molar-refractivity contribution in [3.8, 4) is 0 Å². The van der Waals surface area contributed by atoms with E-state index in [1.165, 1.54) is 6.08 Å². The smallest absolute Gasteiger partial charge is 0.308 e. The van der Waals surface area contributed by atoms with Gasteiger partial charge >= 0.3 is 17.9 Å². The second kappa shape index (κ2) is 4.99. The number of carbonyl (C=O) groups is 3. The average Bonchev–Trinajstić information content (AvgIpc) is 2.18.